The Morgan fingerprint density at radius 1 is 1.13 bits per heavy atom. The van der Waals surface area contributed by atoms with E-state index >= 15 is 0 Å². The number of hydrogen-bond donors (Lipinski definition) is 2. The Hall–Kier alpha value is -3.21. The van der Waals surface area contributed by atoms with Gasteiger partial charge in [0.05, 0.1) is 7.11 Å². The van der Waals surface area contributed by atoms with E-state index in [1.165, 1.54) is 13.2 Å². The topological polar surface area (TPSA) is 79.9 Å². The molecule has 23 heavy (non-hydrogen) atoms. The third kappa shape index (κ3) is 2.89. The van der Waals surface area contributed by atoms with E-state index in [0.717, 1.165) is 10.9 Å². The molecule has 0 aliphatic heterocycles. The monoisotopic (exact) mass is 310 g/mol. The standard InChI is InChI=1S/C18H14O5/c1-22-17-15(18(20)21)9-5-12-10-14(23-16(12)17)8-4-11-2-6-13(19)7-3-11/h2-10,19H,1H3,(H,20,21)/b8-4+. The number of methoxy groups -OCH3 is 1. The maximum absolute atomic E-state index is 11.2. The van der Waals surface area contributed by atoms with E-state index in [1.807, 2.05) is 6.08 Å². The lowest BCUT2D eigenvalue weighted by atomic mass is 10.1. The minimum Gasteiger partial charge on any atom is -0.508 e. The summed E-state index contributed by atoms with van der Waals surface area (Å²) in [6.07, 6.45) is 3.61. The molecule has 0 bridgehead atoms. The highest BCUT2D eigenvalue weighted by molar-refractivity contribution is 5.99. The van der Waals surface area contributed by atoms with Crippen LogP contribution >= 0.6 is 0 Å². The third-order valence-corrected chi connectivity index (χ3v) is 3.43. The van der Waals surface area contributed by atoms with Crippen molar-refractivity contribution in [2.75, 3.05) is 7.11 Å². The molecule has 0 aliphatic carbocycles. The highest BCUT2D eigenvalue weighted by Crippen LogP contribution is 2.33. The smallest absolute Gasteiger partial charge is 0.339 e. The van der Waals surface area contributed by atoms with Crippen molar-refractivity contribution in [2.24, 2.45) is 0 Å². The van der Waals surface area contributed by atoms with E-state index in [-0.39, 0.29) is 17.1 Å². The summed E-state index contributed by atoms with van der Waals surface area (Å²) in [5.41, 5.74) is 1.36. The number of aromatic hydroxyl groups is 1. The fraction of sp³-hybridized carbons (Fsp3) is 0.0556. The van der Waals surface area contributed by atoms with Crippen molar-refractivity contribution >= 4 is 29.1 Å². The van der Waals surface area contributed by atoms with Gasteiger partial charge < -0.3 is 19.4 Å². The number of phenols is 1. The third-order valence-electron chi connectivity index (χ3n) is 3.43. The van der Waals surface area contributed by atoms with Gasteiger partial charge in [0.25, 0.3) is 0 Å². The summed E-state index contributed by atoms with van der Waals surface area (Å²) in [5, 5.41) is 19.2. The number of aromatic carboxylic acids is 1. The summed E-state index contributed by atoms with van der Waals surface area (Å²) < 4.78 is 10.9. The van der Waals surface area contributed by atoms with Crippen molar-refractivity contribution in [3.05, 3.63) is 59.4 Å². The van der Waals surface area contributed by atoms with Crippen molar-refractivity contribution < 1.29 is 24.2 Å². The average molecular weight is 310 g/mol. The van der Waals surface area contributed by atoms with E-state index in [1.54, 1.807) is 42.5 Å². The van der Waals surface area contributed by atoms with Crippen molar-refractivity contribution in [2.45, 2.75) is 0 Å². The summed E-state index contributed by atoms with van der Waals surface area (Å²) >= 11 is 0. The van der Waals surface area contributed by atoms with Crippen LogP contribution in [0.5, 0.6) is 11.5 Å². The Bertz CT molecular complexity index is 888. The second-order valence-electron chi connectivity index (χ2n) is 4.94. The van der Waals surface area contributed by atoms with Crippen LogP contribution in [-0.2, 0) is 0 Å². The number of carbonyl (C=O) groups is 1. The first-order chi connectivity index (χ1) is 11.1. The molecule has 0 fully saturated rings. The molecule has 3 rings (SSSR count). The zero-order valence-corrected chi connectivity index (χ0v) is 12.3. The van der Waals surface area contributed by atoms with Gasteiger partial charge in [-0.2, -0.15) is 0 Å². The number of carboxylic acid groups (broad SMARTS) is 1. The fourth-order valence-corrected chi connectivity index (χ4v) is 2.31. The Morgan fingerprint density at radius 3 is 2.52 bits per heavy atom. The summed E-state index contributed by atoms with van der Waals surface area (Å²) in [4.78, 5) is 11.2. The molecule has 0 atom stereocenters. The first-order valence-corrected chi connectivity index (χ1v) is 6.89. The van der Waals surface area contributed by atoms with Crippen molar-refractivity contribution in [1.29, 1.82) is 0 Å². The van der Waals surface area contributed by atoms with Crippen LogP contribution in [0.2, 0.25) is 0 Å². The Balaban J connectivity index is 1.99. The average Bonchev–Trinajstić information content (AvgIpc) is 2.96. The Morgan fingerprint density at radius 2 is 1.87 bits per heavy atom. The molecule has 0 saturated carbocycles. The van der Waals surface area contributed by atoms with Gasteiger partial charge in [0, 0.05) is 5.39 Å². The van der Waals surface area contributed by atoms with Crippen molar-refractivity contribution in [1.82, 2.24) is 0 Å². The molecule has 2 N–H and O–H groups in total. The molecule has 5 heteroatoms. The van der Waals surface area contributed by atoms with Gasteiger partial charge in [-0.05, 0) is 42.0 Å². The van der Waals surface area contributed by atoms with Gasteiger partial charge in [-0.1, -0.05) is 18.2 Å². The normalized spacial score (nSPS) is 11.2. The van der Waals surface area contributed by atoms with Gasteiger partial charge in [-0.15, -0.1) is 0 Å². The number of hydrogen-bond acceptors (Lipinski definition) is 4. The molecule has 0 unspecified atom stereocenters. The molecule has 3 aromatic rings. The lowest BCUT2D eigenvalue weighted by Gasteiger charge is -2.04. The molecular formula is C18H14O5. The minimum absolute atomic E-state index is 0.0587. The molecule has 1 heterocycles. The number of phenolic OH excluding ortho intramolecular Hbond substituents is 1. The zero-order valence-electron chi connectivity index (χ0n) is 12.3. The summed E-state index contributed by atoms with van der Waals surface area (Å²) in [6.45, 7) is 0. The van der Waals surface area contributed by atoms with Crippen molar-refractivity contribution in [3.8, 4) is 11.5 Å². The maximum atomic E-state index is 11.2. The summed E-state index contributed by atoms with van der Waals surface area (Å²) in [5.74, 6) is -0.0774. The van der Waals surface area contributed by atoms with Crippen LogP contribution in [0.15, 0.2) is 46.9 Å². The molecule has 0 aliphatic rings. The van der Waals surface area contributed by atoms with Crippen LogP contribution in [0.1, 0.15) is 21.7 Å². The van der Waals surface area contributed by atoms with Crippen LogP contribution in [0.4, 0.5) is 0 Å². The van der Waals surface area contributed by atoms with Crippen LogP contribution in [-0.4, -0.2) is 23.3 Å². The van der Waals surface area contributed by atoms with E-state index in [2.05, 4.69) is 0 Å². The molecule has 1 aromatic heterocycles. The second-order valence-corrected chi connectivity index (χ2v) is 4.94. The summed E-state index contributed by atoms with van der Waals surface area (Å²) in [6, 6.07) is 11.7. The van der Waals surface area contributed by atoms with E-state index in [4.69, 9.17) is 9.15 Å². The highest BCUT2D eigenvalue weighted by atomic mass is 16.5. The number of carboxylic acids is 1. The number of rotatable bonds is 4. The predicted octanol–water partition coefficient (Wildman–Crippen LogP) is 4.02. The number of ether oxygens (including phenoxy) is 1. The number of fused-ring (bicyclic) bond motifs is 1. The molecule has 0 saturated heterocycles. The number of furan rings is 1. The lowest BCUT2D eigenvalue weighted by Crippen LogP contribution is -2.00. The Labute approximate surface area is 132 Å². The van der Waals surface area contributed by atoms with E-state index < -0.39 is 5.97 Å². The van der Waals surface area contributed by atoms with Crippen molar-refractivity contribution in [3.63, 3.8) is 0 Å². The largest absolute Gasteiger partial charge is 0.508 e. The molecule has 0 spiro atoms. The first kappa shape index (κ1) is 14.7. The highest BCUT2D eigenvalue weighted by Gasteiger charge is 2.17. The fourth-order valence-electron chi connectivity index (χ4n) is 2.31. The van der Waals surface area contributed by atoms with Crippen LogP contribution in [0.3, 0.4) is 0 Å². The molecule has 2 aromatic carbocycles. The van der Waals surface area contributed by atoms with Crippen LogP contribution in [0.25, 0.3) is 23.1 Å². The van der Waals surface area contributed by atoms with Gasteiger partial charge in [-0.3, -0.25) is 0 Å². The maximum Gasteiger partial charge on any atom is 0.339 e. The van der Waals surface area contributed by atoms with Gasteiger partial charge in [0.15, 0.2) is 11.3 Å². The predicted molar refractivity (Wildman–Crippen MR) is 86.8 cm³/mol. The van der Waals surface area contributed by atoms with Gasteiger partial charge >= 0.3 is 5.97 Å². The van der Waals surface area contributed by atoms with E-state index in [0.29, 0.717) is 11.3 Å². The van der Waals surface area contributed by atoms with Gasteiger partial charge in [-0.25, -0.2) is 4.79 Å². The molecule has 0 amide bonds. The lowest BCUT2D eigenvalue weighted by molar-refractivity contribution is 0.0693. The quantitative estimate of drug-likeness (QED) is 0.761. The SMILES string of the molecule is COc1c(C(=O)O)ccc2cc(/C=C/c3ccc(O)cc3)oc12. The van der Waals surface area contributed by atoms with E-state index in [9.17, 15) is 15.0 Å². The number of benzene rings is 2. The second kappa shape index (κ2) is 5.88. The summed E-state index contributed by atoms with van der Waals surface area (Å²) in [7, 11) is 1.41. The van der Waals surface area contributed by atoms with Crippen LogP contribution in [0, 0.1) is 0 Å². The van der Waals surface area contributed by atoms with Gasteiger partial charge in [0.2, 0.25) is 0 Å². The zero-order chi connectivity index (χ0) is 16.4. The first-order valence-electron chi connectivity index (χ1n) is 6.89. The molecular weight excluding hydrogens is 296 g/mol. The molecule has 5 nitrogen and oxygen atoms in total. The Kier molecular flexibility index (Phi) is 3.76. The van der Waals surface area contributed by atoms with Crippen LogP contribution < -0.4 is 4.74 Å². The minimum atomic E-state index is -1.07. The van der Waals surface area contributed by atoms with Gasteiger partial charge in [0.1, 0.15) is 17.1 Å². The molecule has 116 valence electrons. The molecule has 0 radical (unpaired) electrons.